The number of methoxy groups -OCH3 is 1. The molecule has 5 heteroatoms. The molecule has 0 saturated heterocycles. The predicted molar refractivity (Wildman–Crippen MR) is 76.0 cm³/mol. The zero-order valence-corrected chi connectivity index (χ0v) is 12.0. The number of esters is 1. The fourth-order valence-electron chi connectivity index (χ4n) is 2.16. The Morgan fingerprint density at radius 2 is 2.10 bits per heavy atom. The van der Waals surface area contributed by atoms with Gasteiger partial charge in [0.1, 0.15) is 6.04 Å². The van der Waals surface area contributed by atoms with Crippen LogP contribution in [-0.2, 0) is 23.1 Å². The Morgan fingerprint density at radius 1 is 1.40 bits per heavy atom. The second kappa shape index (κ2) is 6.34. The van der Waals surface area contributed by atoms with E-state index in [1.54, 1.807) is 4.68 Å². The first-order valence-corrected chi connectivity index (χ1v) is 6.47. The summed E-state index contributed by atoms with van der Waals surface area (Å²) in [5.41, 5.74) is 2.78. The molecule has 0 aliphatic heterocycles. The largest absolute Gasteiger partial charge is 0.468 e. The van der Waals surface area contributed by atoms with Crippen molar-refractivity contribution in [3.63, 3.8) is 0 Å². The molecule has 0 amide bonds. The summed E-state index contributed by atoms with van der Waals surface area (Å²) >= 11 is 0. The number of nitrogens with one attached hydrogen (secondary N) is 1. The van der Waals surface area contributed by atoms with Gasteiger partial charge in [0.25, 0.3) is 0 Å². The van der Waals surface area contributed by atoms with E-state index in [4.69, 9.17) is 4.74 Å². The van der Waals surface area contributed by atoms with Gasteiger partial charge < -0.3 is 4.74 Å². The minimum atomic E-state index is -0.506. The molecule has 2 aromatic rings. The first-order valence-electron chi connectivity index (χ1n) is 6.47. The predicted octanol–water partition coefficient (Wildman–Crippen LogP) is 1.73. The summed E-state index contributed by atoms with van der Waals surface area (Å²) in [7, 11) is 3.23. The molecule has 5 nitrogen and oxygen atoms in total. The summed E-state index contributed by atoms with van der Waals surface area (Å²) in [6.07, 6.45) is 1.84. The van der Waals surface area contributed by atoms with Crippen molar-refractivity contribution >= 4 is 5.97 Å². The van der Waals surface area contributed by atoms with Crippen molar-refractivity contribution in [3.8, 4) is 0 Å². The Bertz CT molecular complexity index is 578. The minimum absolute atomic E-state index is 0.308. The van der Waals surface area contributed by atoms with Crippen molar-refractivity contribution < 1.29 is 9.53 Å². The highest BCUT2D eigenvalue weighted by Gasteiger charge is 2.24. The van der Waals surface area contributed by atoms with Crippen molar-refractivity contribution in [2.75, 3.05) is 7.11 Å². The third-order valence-electron chi connectivity index (χ3n) is 3.15. The van der Waals surface area contributed by atoms with Crippen LogP contribution in [0.2, 0.25) is 0 Å². The van der Waals surface area contributed by atoms with Crippen molar-refractivity contribution in [2.45, 2.75) is 19.5 Å². The number of hydrogen-bond acceptors (Lipinski definition) is 4. The summed E-state index contributed by atoms with van der Waals surface area (Å²) in [5.74, 6) is -0.308. The number of hydrogen-bond donors (Lipinski definition) is 1. The van der Waals surface area contributed by atoms with Crippen LogP contribution in [0.5, 0.6) is 0 Å². The van der Waals surface area contributed by atoms with E-state index in [2.05, 4.69) is 10.4 Å². The van der Waals surface area contributed by atoms with Gasteiger partial charge >= 0.3 is 5.97 Å². The highest BCUT2D eigenvalue weighted by Crippen LogP contribution is 2.18. The van der Waals surface area contributed by atoms with E-state index in [1.807, 2.05) is 50.5 Å². The lowest BCUT2D eigenvalue weighted by atomic mass is 10.1. The summed E-state index contributed by atoms with van der Waals surface area (Å²) < 4.78 is 6.58. The van der Waals surface area contributed by atoms with Gasteiger partial charge in [-0.1, -0.05) is 30.3 Å². The molecule has 0 bridgehead atoms. The van der Waals surface area contributed by atoms with Gasteiger partial charge in [-0.05, 0) is 12.5 Å². The lowest BCUT2D eigenvalue weighted by molar-refractivity contribution is -0.143. The highest BCUT2D eigenvalue weighted by atomic mass is 16.5. The normalized spacial score (nSPS) is 12.2. The lowest BCUT2D eigenvalue weighted by Gasteiger charge is -2.16. The van der Waals surface area contributed by atoms with Gasteiger partial charge in [0.2, 0.25) is 0 Å². The van der Waals surface area contributed by atoms with Crippen molar-refractivity contribution in [1.82, 2.24) is 15.1 Å². The van der Waals surface area contributed by atoms with E-state index >= 15 is 0 Å². The van der Waals surface area contributed by atoms with Crippen LogP contribution in [0.1, 0.15) is 22.9 Å². The molecule has 1 unspecified atom stereocenters. The highest BCUT2D eigenvalue weighted by molar-refractivity contribution is 5.77. The standard InChI is InChI=1S/C15H19N3O2/c1-11-13(10-18(2)17-11)14(15(19)20-3)16-9-12-7-5-4-6-8-12/h4-8,10,14,16H,9H2,1-3H3. The average Bonchev–Trinajstić information content (AvgIpc) is 2.79. The van der Waals surface area contributed by atoms with Gasteiger partial charge in [-0.15, -0.1) is 0 Å². The third kappa shape index (κ3) is 3.24. The molecule has 106 valence electrons. The summed E-state index contributed by atoms with van der Waals surface area (Å²) in [4.78, 5) is 12.0. The number of benzene rings is 1. The number of aromatic nitrogens is 2. The molecule has 0 fully saturated rings. The van der Waals surface area contributed by atoms with E-state index in [-0.39, 0.29) is 5.97 Å². The minimum Gasteiger partial charge on any atom is -0.468 e. The topological polar surface area (TPSA) is 56.1 Å². The molecular weight excluding hydrogens is 254 g/mol. The average molecular weight is 273 g/mol. The Morgan fingerprint density at radius 3 is 2.65 bits per heavy atom. The van der Waals surface area contributed by atoms with Crippen LogP contribution in [-0.4, -0.2) is 22.9 Å². The first-order chi connectivity index (χ1) is 9.61. The zero-order valence-electron chi connectivity index (χ0n) is 12.0. The maximum absolute atomic E-state index is 12.0. The molecule has 20 heavy (non-hydrogen) atoms. The van der Waals surface area contributed by atoms with Crippen molar-refractivity contribution in [1.29, 1.82) is 0 Å². The molecule has 0 aliphatic carbocycles. The van der Waals surface area contributed by atoms with Crippen LogP contribution in [0, 0.1) is 6.92 Å². The van der Waals surface area contributed by atoms with Gasteiger partial charge in [0.05, 0.1) is 12.8 Å². The number of carbonyl (C=O) groups is 1. The molecule has 1 aromatic heterocycles. The van der Waals surface area contributed by atoms with Gasteiger partial charge in [-0.25, -0.2) is 4.79 Å². The fraction of sp³-hybridized carbons (Fsp3) is 0.333. The lowest BCUT2D eigenvalue weighted by Crippen LogP contribution is -2.29. The Kier molecular flexibility index (Phi) is 4.53. The van der Waals surface area contributed by atoms with Gasteiger partial charge in [0, 0.05) is 25.4 Å². The number of nitrogens with zero attached hydrogens (tertiary/aromatic N) is 2. The number of rotatable bonds is 5. The van der Waals surface area contributed by atoms with Crippen molar-refractivity contribution in [2.24, 2.45) is 7.05 Å². The molecule has 0 saturated carbocycles. The molecule has 0 aliphatic rings. The summed E-state index contributed by atoms with van der Waals surface area (Å²) in [6, 6.07) is 9.43. The van der Waals surface area contributed by atoms with E-state index in [9.17, 15) is 4.79 Å². The second-order valence-corrected chi connectivity index (χ2v) is 4.67. The summed E-state index contributed by atoms with van der Waals surface area (Å²) in [6.45, 7) is 2.48. The molecule has 1 heterocycles. The molecule has 1 atom stereocenters. The van der Waals surface area contributed by atoms with Crippen molar-refractivity contribution in [3.05, 3.63) is 53.3 Å². The molecule has 0 radical (unpaired) electrons. The SMILES string of the molecule is COC(=O)C(NCc1ccccc1)c1cn(C)nc1C. The number of carbonyl (C=O) groups excluding carboxylic acids is 1. The smallest absolute Gasteiger partial charge is 0.327 e. The Labute approximate surface area is 118 Å². The van der Waals surface area contributed by atoms with Gasteiger partial charge in [0.15, 0.2) is 0 Å². The van der Waals surface area contributed by atoms with Crippen LogP contribution in [0.3, 0.4) is 0 Å². The molecule has 1 N–H and O–H groups in total. The Hall–Kier alpha value is -2.14. The van der Waals surface area contributed by atoms with E-state index in [0.29, 0.717) is 6.54 Å². The fourth-order valence-corrected chi connectivity index (χ4v) is 2.16. The quantitative estimate of drug-likeness (QED) is 0.843. The number of aryl methyl sites for hydroxylation is 2. The first kappa shape index (κ1) is 14.3. The molecular formula is C15H19N3O2. The Balaban J connectivity index is 2.16. The monoisotopic (exact) mass is 273 g/mol. The summed E-state index contributed by atoms with van der Waals surface area (Å²) in [5, 5.41) is 7.50. The van der Waals surface area contributed by atoms with Gasteiger partial charge in [-0.3, -0.25) is 10.00 Å². The van der Waals surface area contributed by atoms with Crippen LogP contribution in [0.4, 0.5) is 0 Å². The maximum atomic E-state index is 12.0. The van der Waals surface area contributed by atoms with E-state index in [1.165, 1.54) is 7.11 Å². The van der Waals surface area contributed by atoms with Crippen LogP contribution in [0.15, 0.2) is 36.5 Å². The maximum Gasteiger partial charge on any atom is 0.327 e. The van der Waals surface area contributed by atoms with Gasteiger partial charge in [-0.2, -0.15) is 5.10 Å². The zero-order chi connectivity index (χ0) is 14.5. The van der Waals surface area contributed by atoms with E-state index in [0.717, 1.165) is 16.8 Å². The number of ether oxygens (including phenoxy) is 1. The third-order valence-corrected chi connectivity index (χ3v) is 3.15. The second-order valence-electron chi connectivity index (χ2n) is 4.67. The van der Waals surface area contributed by atoms with E-state index < -0.39 is 6.04 Å². The molecule has 1 aromatic carbocycles. The van der Waals surface area contributed by atoms with Crippen LogP contribution < -0.4 is 5.32 Å². The van der Waals surface area contributed by atoms with Crippen LogP contribution in [0.25, 0.3) is 0 Å². The molecule has 2 rings (SSSR count). The van der Waals surface area contributed by atoms with Crippen LogP contribution >= 0.6 is 0 Å². The molecule has 0 spiro atoms.